The molecule has 41 heavy (non-hydrogen) atoms. The highest BCUT2D eigenvalue weighted by atomic mass is 16.4. The third-order valence-corrected chi connectivity index (χ3v) is 6.13. The van der Waals surface area contributed by atoms with Gasteiger partial charge in [0.1, 0.15) is 11.9 Å². The monoisotopic (exact) mass is 560 g/mol. The summed E-state index contributed by atoms with van der Waals surface area (Å²) in [5.41, 5.74) is 10.9. The molecule has 3 aromatic carbocycles. The van der Waals surface area contributed by atoms with E-state index in [1.165, 1.54) is 60.7 Å². The molecule has 0 aliphatic rings. The van der Waals surface area contributed by atoms with Gasteiger partial charge < -0.3 is 27.0 Å². The summed E-state index contributed by atoms with van der Waals surface area (Å²) >= 11 is 0. The van der Waals surface area contributed by atoms with Gasteiger partial charge in [0, 0.05) is 29.3 Å². The summed E-state index contributed by atoms with van der Waals surface area (Å²) in [6.07, 6.45) is -0.930. The second-order valence-corrected chi connectivity index (χ2v) is 8.91. The number of Topliss-reactive ketones (excluding diaryl/α,β-unsaturated/α-hetero) is 1. The molecular weight excluding hydrogens is 532 g/mol. The molecule has 2 atom stereocenters. The molecule has 0 heterocycles. The maximum Gasteiger partial charge on any atom is 0.338 e. The third-order valence-electron chi connectivity index (χ3n) is 6.13. The smallest absolute Gasteiger partial charge is 0.338 e. The Kier molecular flexibility index (Phi) is 9.16. The van der Waals surface area contributed by atoms with Crippen molar-refractivity contribution in [3.63, 3.8) is 0 Å². The van der Waals surface area contributed by atoms with Crippen molar-refractivity contribution in [1.29, 1.82) is 5.41 Å². The molecule has 0 fully saturated rings. The number of hydrogen-bond donors (Lipinski definition) is 7. The van der Waals surface area contributed by atoms with Crippen molar-refractivity contribution < 1.29 is 34.2 Å². The maximum absolute atomic E-state index is 13.9. The van der Waals surface area contributed by atoms with Crippen molar-refractivity contribution >= 4 is 41.1 Å². The van der Waals surface area contributed by atoms with Gasteiger partial charge in [0.15, 0.2) is 11.4 Å². The molecule has 3 aromatic rings. The number of ketones is 1. The molecule has 13 heteroatoms. The quantitative estimate of drug-likeness (QED) is 0.0825. The molecule has 13 nitrogen and oxygen atoms in total. The number of nitrogens with zero attached hydrogens (tertiary/aromatic N) is 1. The fraction of sp³-hybridized carbons (Fsp3) is 0.143. The van der Waals surface area contributed by atoms with Crippen LogP contribution in [0.1, 0.15) is 40.4 Å². The first-order valence-electron chi connectivity index (χ1n) is 12.1. The Labute approximate surface area is 234 Å². The first-order valence-corrected chi connectivity index (χ1v) is 12.1. The number of nitrogens with one attached hydrogen (secondary N) is 3. The number of carbonyl (C=O) groups excluding carboxylic acids is 4. The first kappa shape index (κ1) is 30.0. The van der Waals surface area contributed by atoms with Crippen molar-refractivity contribution in [2.75, 3.05) is 5.32 Å². The third kappa shape index (κ3) is 6.72. The lowest BCUT2D eigenvalue weighted by atomic mass is 9.81. The van der Waals surface area contributed by atoms with Gasteiger partial charge in [-0.25, -0.2) is 15.2 Å². The molecule has 0 saturated heterocycles. The second kappa shape index (κ2) is 12.5. The van der Waals surface area contributed by atoms with E-state index in [-0.39, 0.29) is 28.2 Å². The molecule has 4 amide bonds. The minimum absolute atomic E-state index is 0.0549. The van der Waals surface area contributed by atoms with E-state index in [1.54, 1.807) is 18.2 Å². The summed E-state index contributed by atoms with van der Waals surface area (Å²) in [5.74, 6) is -4.72. The van der Waals surface area contributed by atoms with E-state index in [1.807, 2.05) is 0 Å². The maximum atomic E-state index is 13.9. The van der Waals surface area contributed by atoms with Gasteiger partial charge in [0.05, 0.1) is 6.42 Å². The molecule has 0 aliphatic carbocycles. The lowest BCUT2D eigenvalue weighted by Gasteiger charge is -2.32. The zero-order chi connectivity index (χ0) is 30.3. The van der Waals surface area contributed by atoms with Crippen LogP contribution < -0.4 is 22.2 Å². The summed E-state index contributed by atoms with van der Waals surface area (Å²) in [4.78, 5) is 63.6. The van der Waals surface area contributed by atoms with Crippen molar-refractivity contribution in [3.8, 4) is 0 Å². The number of primary amides is 1. The number of amides is 4. The van der Waals surface area contributed by atoms with Crippen molar-refractivity contribution in [2.24, 2.45) is 11.5 Å². The number of carboxylic acids is 1. The summed E-state index contributed by atoms with van der Waals surface area (Å²) in [7, 11) is 0. The highest BCUT2D eigenvalue weighted by molar-refractivity contribution is 6.06. The summed E-state index contributed by atoms with van der Waals surface area (Å²) < 4.78 is 0. The van der Waals surface area contributed by atoms with Crippen LogP contribution in [-0.4, -0.2) is 56.7 Å². The largest absolute Gasteiger partial charge is 0.481 e. The average molecular weight is 561 g/mol. The number of hydrogen-bond acceptors (Lipinski definition) is 7. The number of amidine groups is 1. The van der Waals surface area contributed by atoms with Gasteiger partial charge in [-0.3, -0.25) is 24.6 Å². The minimum atomic E-state index is -2.49. The predicted octanol–water partition coefficient (Wildman–Crippen LogP) is 1.30. The molecular formula is C28H28N6O7. The fourth-order valence-corrected chi connectivity index (χ4v) is 4.15. The van der Waals surface area contributed by atoms with Crippen LogP contribution >= 0.6 is 0 Å². The van der Waals surface area contributed by atoms with Gasteiger partial charge >= 0.3 is 12.0 Å². The van der Waals surface area contributed by atoms with E-state index in [0.29, 0.717) is 10.6 Å². The molecule has 1 unspecified atom stereocenters. The number of carboxylic acid groups (broad SMARTS) is 1. The number of nitrogen functional groups attached to an aromatic ring is 1. The van der Waals surface area contributed by atoms with Gasteiger partial charge in [-0.1, -0.05) is 54.6 Å². The highest BCUT2D eigenvalue weighted by Crippen LogP contribution is 2.33. The van der Waals surface area contributed by atoms with Gasteiger partial charge in [0.2, 0.25) is 5.91 Å². The SMILES string of the molecule is CC(=O)N(NC(=O)Nc1ccc(C(=N)N)cc1)[C@@H](CC(=O)O)C(=O)c1ccccc1C(O)(C(N)=O)c1ccccc1. The van der Waals surface area contributed by atoms with Crippen molar-refractivity contribution in [1.82, 2.24) is 10.4 Å². The number of benzene rings is 3. The molecule has 0 aromatic heterocycles. The second-order valence-electron chi connectivity index (χ2n) is 8.91. The normalized spacial score (nSPS) is 12.7. The van der Waals surface area contributed by atoms with Gasteiger partial charge in [-0.05, 0) is 29.8 Å². The molecule has 212 valence electrons. The summed E-state index contributed by atoms with van der Waals surface area (Å²) in [6, 6.07) is 16.1. The van der Waals surface area contributed by atoms with Crippen molar-refractivity contribution in [3.05, 3.63) is 101 Å². The number of aliphatic carboxylic acids is 1. The van der Waals surface area contributed by atoms with Crippen molar-refractivity contribution in [2.45, 2.75) is 25.0 Å². The molecule has 0 saturated carbocycles. The standard InChI is InChI=1S/C28H28N6O7/c1-16(35)34(33-27(40)32-19-13-11-17(12-14-19)25(29)30)22(15-23(36)37)24(38)20-9-5-6-10-21(20)28(41,26(31)39)18-7-3-2-4-8-18/h2-14,22,41H,15H2,1H3,(H3,29,30)(H2,31,39)(H,36,37)(H2,32,33,40)/t22-,28?/m0/s1. The summed E-state index contributed by atoms with van der Waals surface area (Å²) in [5, 5.41) is 31.5. The number of aliphatic hydroxyl groups is 1. The van der Waals surface area contributed by atoms with E-state index in [4.69, 9.17) is 16.9 Å². The average Bonchev–Trinajstić information content (AvgIpc) is 2.94. The first-order chi connectivity index (χ1) is 19.4. The number of rotatable bonds is 10. The Bertz CT molecular complexity index is 1490. The zero-order valence-electron chi connectivity index (χ0n) is 21.8. The van der Waals surface area contributed by atoms with Crippen LogP contribution in [0.25, 0.3) is 0 Å². The van der Waals surface area contributed by atoms with Crippen LogP contribution in [0, 0.1) is 5.41 Å². The molecule has 0 spiro atoms. The molecule has 0 radical (unpaired) electrons. The van der Waals surface area contributed by atoms with E-state index in [0.717, 1.165) is 6.92 Å². The van der Waals surface area contributed by atoms with Crippen LogP contribution in [0.2, 0.25) is 0 Å². The highest BCUT2D eigenvalue weighted by Gasteiger charge is 2.43. The topological polar surface area (TPSA) is 229 Å². The van der Waals surface area contributed by atoms with E-state index in [2.05, 4.69) is 10.7 Å². The Morgan fingerprint density at radius 2 is 1.51 bits per heavy atom. The minimum Gasteiger partial charge on any atom is -0.481 e. The summed E-state index contributed by atoms with van der Waals surface area (Å²) in [6.45, 7) is 1.01. The van der Waals surface area contributed by atoms with Crippen LogP contribution in [0.5, 0.6) is 0 Å². The number of carbonyl (C=O) groups is 5. The number of hydrazine groups is 1. The predicted molar refractivity (Wildman–Crippen MR) is 148 cm³/mol. The van der Waals surface area contributed by atoms with Gasteiger partial charge in [0.25, 0.3) is 5.91 Å². The lowest BCUT2D eigenvalue weighted by Crippen LogP contribution is -2.56. The Morgan fingerprint density at radius 3 is 2.05 bits per heavy atom. The van der Waals surface area contributed by atoms with E-state index >= 15 is 0 Å². The van der Waals surface area contributed by atoms with Crippen LogP contribution in [0.4, 0.5) is 10.5 Å². The Hall–Kier alpha value is -5.56. The molecule has 0 aliphatic heterocycles. The number of anilines is 1. The van der Waals surface area contributed by atoms with Gasteiger partial charge in [-0.15, -0.1) is 0 Å². The van der Waals surface area contributed by atoms with Crippen LogP contribution in [0.3, 0.4) is 0 Å². The van der Waals surface area contributed by atoms with Gasteiger partial charge in [-0.2, -0.15) is 0 Å². The Morgan fingerprint density at radius 1 is 0.927 bits per heavy atom. The van der Waals surface area contributed by atoms with E-state index in [9.17, 15) is 34.2 Å². The van der Waals surface area contributed by atoms with E-state index < -0.39 is 47.7 Å². The molecule has 0 bridgehead atoms. The number of urea groups is 1. The molecule has 9 N–H and O–H groups in total. The van der Waals surface area contributed by atoms with Crippen LogP contribution in [-0.2, 0) is 20.0 Å². The molecule has 3 rings (SSSR count). The Balaban J connectivity index is 2.00. The lowest BCUT2D eigenvalue weighted by molar-refractivity contribution is -0.140. The zero-order valence-corrected chi connectivity index (χ0v) is 21.8. The van der Waals surface area contributed by atoms with Crippen LogP contribution in [0.15, 0.2) is 78.9 Å². The fourth-order valence-electron chi connectivity index (χ4n) is 4.15. The number of nitrogens with two attached hydrogens (primary N) is 2.